The fraction of sp³-hybridized carbons (Fsp3) is 0.385. The van der Waals surface area contributed by atoms with E-state index in [1.54, 1.807) is 25.4 Å². The maximum absolute atomic E-state index is 10.7. The lowest BCUT2D eigenvalue weighted by atomic mass is 10.2. The summed E-state index contributed by atoms with van der Waals surface area (Å²) < 4.78 is 4.96. The third-order valence-electron chi connectivity index (χ3n) is 2.48. The molecule has 0 amide bonds. The number of rotatable bonds is 7. The largest absolute Gasteiger partial charge is 0.481 e. The van der Waals surface area contributed by atoms with Gasteiger partial charge in [0.15, 0.2) is 0 Å². The van der Waals surface area contributed by atoms with E-state index in [9.17, 15) is 4.79 Å². The zero-order valence-corrected chi connectivity index (χ0v) is 10.6. The molecule has 0 unspecified atom stereocenters. The number of ether oxygens (including phenoxy) is 1. The monoisotopic (exact) mass is 250 g/mol. The van der Waals surface area contributed by atoms with E-state index in [1.807, 2.05) is 13.0 Å². The molecule has 5 nitrogen and oxygen atoms in total. The average molecular weight is 250 g/mol. The minimum absolute atomic E-state index is 0.426. The van der Waals surface area contributed by atoms with Crippen molar-refractivity contribution in [1.82, 2.24) is 10.3 Å². The van der Waals surface area contributed by atoms with E-state index in [-0.39, 0.29) is 0 Å². The zero-order chi connectivity index (χ0) is 13.4. The molecule has 0 spiro atoms. The highest BCUT2D eigenvalue weighted by molar-refractivity contribution is 5.86. The van der Waals surface area contributed by atoms with Crippen LogP contribution in [-0.4, -0.2) is 29.7 Å². The van der Waals surface area contributed by atoms with E-state index >= 15 is 0 Å². The maximum atomic E-state index is 10.7. The minimum Gasteiger partial charge on any atom is -0.481 e. The van der Waals surface area contributed by atoms with Gasteiger partial charge in [0, 0.05) is 30.9 Å². The Hall–Kier alpha value is -1.88. The van der Waals surface area contributed by atoms with Gasteiger partial charge < -0.3 is 15.2 Å². The number of carboxylic acid groups (broad SMARTS) is 1. The first-order chi connectivity index (χ1) is 8.67. The van der Waals surface area contributed by atoms with Gasteiger partial charge in [-0.05, 0) is 12.0 Å². The molecule has 0 bridgehead atoms. The van der Waals surface area contributed by atoms with Crippen molar-refractivity contribution in [3.05, 3.63) is 35.5 Å². The van der Waals surface area contributed by atoms with E-state index in [4.69, 9.17) is 9.84 Å². The highest BCUT2D eigenvalue weighted by atomic mass is 16.5. The molecule has 0 atom stereocenters. The standard InChI is InChI=1S/C13H18N2O3/c1-3-11(13(16)17)6-7-14-8-10-4-5-12(18-2)15-9-10/h4-6,9,14H,3,7-8H2,1-2H3,(H,16,17)/b11-6-. The second kappa shape index (κ2) is 7.45. The first kappa shape index (κ1) is 14.2. The number of carbonyl (C=O) groups is 1. The Morgan fingerprint density at radius 2 is 2.33 bits per heavy atom. The van der Waals surface area contributed by atoms with E-state index in [0.29, 0.717) is 31.0 Å². The normalized spacial score (nSPS) is 11.3. The fourth-order valence-corrected chi connectivity index (χ4v) is 1.43. The molecule has 1 rings (SSSR count). The Bertz CT molecular complexity index is 413. The van der Waals surface area contributed by atoms with Crippen molar-refractivity contribution >= 4 is 5.97 Å². The fourth-order valence-electron chi connectivity index (χ4n) is 1.43. The van der Waals surface area contributed by atoms with Crippen molar-refractivity contribution in [2.45, 2.75) is 19.9 Å². The summed E-state index contributed by atoms with van der Waals surface area (Å²) in [5.74, 6) is -0.275. The molecule has 18 heavy (non-hydrogen) atoms. The topological polar surface area (TPSA) is 71.5 Å². The Labute approximate surface area is 107 Å². The third-order valence-corrected chi connectivity index (χ3v) is 2.48. The van der Waals surface area contributed by atoms with E-state index in [1.165, 1.54) is 0 Å². The predicted octanol–water partition coefficient (Wildman–Crippen LogP) is 1.60. The van der Waals surface area contributed by atoms with E-state index < -0.39 is 5.97 Å². The van der Waals surface area contributed by atoms with Crippen LogP contribution in [0.5, 0.6) is 5.88 Å². The molecular formula is C13H18N2O3. The molecule has 0 aromatic carbocycles. The van der Waals surface area contributed by atoms with Crippen LogP contribution >= 0.6 is 0 Å². The van der Waals surface area contributed by atoms with Gasteiger partial charge >= 0.3 is 5.97 Å². The van der Waals surface area contributed by atoms with Crippen molar-refractivity contribution in [2.75, 3.05) is 13.7 Å². The summed E-state index contributed by atoms with van der Waals surface area (Å²) in [6.07, 6.45) is 3.95. The second-order valence-corrected chi connectivity index (χ2v) is 3.73. The van der Waals surface area contributed by atoms with Crippen LogP contribution < -0.4 is 10.1 Å². The number of nitrogens with zero attached hydrogens (tertiary/aromatic N) is 1. The van der Waals surface area contributed by atoms with Crippen molar-refractivity contribution in [1.29, 1.82) is 0 Å². The Balaban J connectivity index is 2.39. The minimum atomic E-state index is -0.856. The van der Waals surface area contributed by atoms with Crippen LogP contribution in [0, 0.1) is 0 Å². The molecule has 0 saturated heterocycles. The number of hydrogen-bond donors (Lipinski definition) is 2. The first-order valence-corrected chi connectivity index (χ1v) is 5.79. The summed E-state index contributed by atoms with van der Waals surface area (Å²) >= 11 is 0. The lowest BCUT2D eigenvalue weighted by molar-refractivity contribution is -0.132. The van der Waals surface area contributed by atoms with Crippen molar-refractivity contribution < 1.29 is 14.6 Å². The summed E-state index contributed by atoms with van der Waals surface area (Å²) in [6.45, 7) is 3.00. The molecule has 0 aliphatic heterocycles. The van der Waals surface area contributed by atoms with E-state index in [2.05, 4.69) is 10.3 Å². The van der Waals surface area contributed by atoms with Gasteiger partial charge in [0.25, 0.3) is 0 Å². The molecule has 5 heteroatoms. The molecule has 2 N–H and O–H groups in total. The predicted molar refractivity (Wildman–Crippen MR) is 68.5 cm³/mol. The van der Waals surface area contributed by atoms with Crippen LogP contribution in [0.2, 0.25) is 0 Å². The van der Waals surface area contributed by atoms with Crippen molar-refractivity contribution in [2.24, 2.45) is 0 Å². The van der Waals surface area contributed by atoms with Crippen LogP contribution in [0.15, 0.2) is 30.0 Å². The number of carboxylic acids is 1. The quantitative estimate of drug-likeness (QED) is 0.568. The van der Waals surface area contributed by atoms with E-state index in [0.717, 1.165) is 5.56 Å². The molecule has 0 aliphatic rings. The Morgan fingerprint density at radius 3 is 2.83 bits per heavy atom. The highest BCUT2D eigenvalue weighted by Crippen LogP contribution is 2.06. The first-order valence-electron chi connectivity index (χ1n) is 5.79. The smallest absolute Gasteiger partial charge is 0.331 e. The van der Waals surface area contributed by atoms with Gasteiger partial charge in [0.05, 0.1) is 7.11 Å². The molecule has 1 aromatic rings. The zero-order valence-electron chi connectivity index (χ0n) is 10.6. The number of pyridine rings is 1. The van der Waals surface area contributed by atoms with Crippen molar-refractivity contribution in [3.63, 3.8) is 0 Å². The van der Waals surface area contributed by atoms with Crippen LogP contribution in [0.4, 0.5) is 0 Å². The van der Waals surface area contributed by atoms with Gasteiger partial charge in [-0.2, -0.15) is 0 Å². The van der Waals surface area contributed by atoms with Crippen LogP contribution in [0.3, 0.4) is 0 Å². The second-order valence-electron chi connectivity index (χ2n) is 3.73. The summed E-state index contributed by atoms with van der Waals surface area (Å²) in [6, 6.07) is 3.71. The highest BCUT2D eigenvalue weighted by Gasteiger charge is 2.02. The van der Waals surface area contributed by atoms with Gasteiger partial charge in [-0.25, -0.2) is 9.78 Å². The number of aromatic nitrogens is 1. The Kier molecular flexibility index (Phi) is 5.87. The molecule has 0 radical (unpaired) electrons. The molecule has 1 aromatic heterocycles. The summed E-state index contributed by atoms with van der Waals surface area (Å²) in [5.41, 5.74) is 1.45. The summed E-state index contributed by atoms with van der Waals surface area (Å²) in [4.78, 5) is 14.8. The van der Waals surface area contributed by atoms with Gasteiger partial charge in [-0.1, -0.05) is 19.1 Å². The van der Waals surface area contributed by atoms with Gasteiger partial charge in [0.1, 0.15) is 0 Å². The SMILES string of the molecule is CC/C(=C/CNCc1ccc(OC)nc1)C(=O)O. The van der Waals surface area contributed by atoms with Crippen LogP contribution in [-0.2, 0) is 11.3 Å². The molecule has 0 aliphatic carbocycles. The lowest BCUT2D eigenvalue weighted by Crippen LogP contribution is -2.14. The molecule has 0 saturated carbocycles. The maximum Gasteiger partial charge on any atom is 0.331 e. The molecule has 1 heterocycles. The van der Waals surface area contributed by atoms with Crippen molar-refractivity contribution in [3.8, 4) is 5.88 Å². The number of nitrogens with one attached hydrogen (secondary N) is 1. The number of aliphatic carboxylic acids is 1. The average Bonchev–Trinajstić information content (AvgIpc) is 2.39. The van der Waals surface area contributed by atoms with Gasteiger partial charge in [-0.15, -0.1) is 0 Å². The molecule has 0 fully saturated rings. The number of hydrogen-bond acceptors (Lipinski definition) is 4. The van der Waals surface area contributed by atoms with Crippen LogP contribution in [0.1, 0.15) is 18.9 Å². The van der Waals surface area contributed by atoms with Crippen LogP contribution in [0.25, 0.3) is 0 Å². The Morgan fingerprint density at radius 1 is 1.56 bits per heavy atom. The molecule has 98 valence electrons. The summed E-state index contributed by atoms with van der Waals surface area (Å²) in [5, 5.41) is 12.0. The lowest BCUT2D eigenvalue weighted by Gasteiger charge is -2.04. The number of methoxy groups -OCH3 is 1. The molecular weight excluding hydrogens is 232 g/mol. The van der Waals surface area contributed by atoms with Gasteiger partial charge in [0.2, 0.25) is 5.88 Å². The van der Waals surface area contributed by atoms with Gasteiger partial charge in [-0.3, -0.25) is 0 Å². The summed E-state index contributed by atoms with van der Waals surface area (Å²) in [7, 11) is 1.57. The third kappa shape index (κ3) is 4.55.